The number of hydrogen-bond donors (Lipinski definition) is 2. The van der Waals surface area contributed by atoms with Gasteiger partial charge in [0.15, 0.2) is 0 Å². The van der Waals surface area contributed by atoms with Crippen LogP contribution in [0.1, 0.15) is 59.8 Å². The zero-order valence-electron chi connectivity index (χ0n) is 14.5. The van der Waals surface area contributed by atoms with Crippen molar-refractivity contribution in [3.63, 3.8) is 0 Å². The van der Waals surface area contributed by atoms with Crippen LogP contribution in [0.2, 0.25) is 0 Å². The Morgan fingerprint density at radius 1 is 1.17 bits per heavy atom. The van der Waals surface area contributed by atoms with Gasteiger partial charge in [0, 0.05) is 26.8 Å². The van der Waals surface area contributed by atoms with Crippen molar-refractivity contribution >= 4 is 18.0 Å². The van der Waals surface area contributed by atoms with Crippen molar-refractivity contribution in [2.75, 3.05) is 6.54 Å². The summed E-state index contributed by atoms with van der Waals surface area (Å²) < 4.78 is 9.53. The van der Waals surface area contributed by atoms with Gasteiger partial charge in [-0.05, 0) is 18.3 Å². The summed E-state index contributed by atoms with van der Waals surface area (Å²) in [7, 11) is 0. The fourth-order valence-electron chi connectivity index (χ4n) is 2.40. The standard InChI is InChI=1S/C16H29NO6/c1-5-6-7-11(2)8-14(9-15(19)20)10-17-16(21)23-13(4)22-12(3)18/h11,13-14H,5-10H2,1-4H3,(H,17,21)(H,19,20)/t11-,13-,14+/m1/s1. The van der Waals surface area contributed by atoms with Gasteiger partial charge in [0.2, 0.25) is 6.29 Å². The van der Waals surface area contributed by atoms with Crippen LogP contribution in [-0.2, 0) is 19.1 Å². The van der Waals surface area contributed by atoms with E-state index in [0.29, 0.717) is 5.92 Å². The summed E-state index contributed by atoms with van der Waals surface area (Å²) in [5, 5.41) is 11.5. The lowest BCUT2D eigenvalue weighted by molar-refractivity contribution is -0.162. The van der Waals surface area contributed by atoms with Gasteiger partial charge < -0.3 is 19.9 Å². The highest BCUT2D eigenvalue weighted by Crippen LogP contribution is 2.20. The third-order valence-electron chi connectivity index (χ3n) is 3.39. The monoisotopic (exact) mass is 331 g/mol. The number of carbonyl (C=O) groups is 3. The maximum Gasteiger partial charge on any atom is 0.410 e. The van der Waals surface area contributed by atoms with Crippen LogP contribution in [0.4, 0.5) is 4.79 Å². The van der Waals surface area contributed by atoms with Gasteiger partial charge in [0.05, 0.1) is 0 Å². The molecule has 0 unspecified atom stereocenters. The summed E-state index contributed by atoms with van der Waals surface area (Å²) in [5.41, 5.74) is 0. The molecule has 0 aromatic carbocycles. The van der Waals surface area contributed by atoms with Gasteiger partial charge in [0.25, 0.3) is 0 Å². The number of hydrogen-bond acceptors (Lipinski definition) is 5. The summed E-state index contributed by atoms with van der Waals surface area (Å²) >= 11 is 0. The van der Waals surface area contributed by atoms with Crippen molar-refractivity contribution in [2.24, 2.45) is 11.8 Å². The minimum Gasteiger partial charge on any atom is -0.481 e. The number of esters is 1. The predicted molar refractivity (Wildman–Crippen MR) is 84.8 cm³/mol. The van der Waals surface area contributed by atoms with E-state index >= 15 is 0 Å². The van der Waals surface area contributed by atoms with E-state index in [1.807, 2.05) is 0 Å². The quantitative estimate of drug-likeness (QED) is 0.446. The molecule has 3 atom stereocenters. The highest BCUT2D eigenvalue weighted by molar-refractivity contribution is 5.69. The number of alkyl carbamates (subject to hydrolysis) is 1. The zero-order chi connectivity index (χ0) is 17.8. The molecule has 0 rings (SSSR count). The second kappa shape index (κ2) is 11.7. The molecule has 0 spiro atoms. The second-order valence-corrected chi connectivity index (χ2v) is 5.91. The van der Waals surface area contributed by atoms with E-state index in [-0.39, 0.29) is 18.9 Å². The summed E-state index contributed by atoms with van der Waals surface area (Å²) in [5.74, 6) is -1.19. The number of nitrogens with one attached hydrogen (secondary N) is 1. The SMILES string of the molecule is CCCC[C@@H](C)C[C@H](CNC(=O)O[C@H](C)OC(C)=O)CC(=O)O. The molecule has 0 aliphatic heterocycles. The van der Waals surface area contributed by atoms with E-state index in [9.17, 15) is 14.4 Å². The minimum absolute atomic E-state index is 0.00373. The molecular formula is C16H29NO6. The van der Waals surface area contributed by atoms with Gasteiger partial charge in [-0.15, -0.1) is 0 Å². The van der Waals surface area contributed by atoms with Gasteiger partial charge in [0.1, 0.15) is 0 Å². The van der Waals surface area contributed by atoms with Crippen molar-refractivity contribution < 1.29 is 29.0 Å². The van der Waals surface area contributed by atoms with Crippen LogP contribution in [-0.4, -0.2) is 36.0 Å². The molecule has 0 saturated heterocycles. The highest BCUT2D eigenvalue weighted by Gasteiger charge is 2.19. The number of rotatable bonds is 11. The molecule has 0 aromatic rings. The first-order valence-corrected chi connectivity index (χ1v) is 8.08. The molecule has 0 radical (unpaired) electrons. The number of amides is 1. The molecule has 0 bridgehead atoms. The number of ether oxygens (including phenoxy) is 2. The summed E-state index contributed by atoms with van der Waals surface area (Å²) in [6.07, 6.45) is 2.27. The molecular weight excluding hydrogens is 302 g/mol. The van der Waals surface area contributed by atoms with Crippen LogP contribution >= 0.6 is 0 Å². The first kappa shape index (κ1) is 21.2. The van der Waals surface area contributed by atoms with Crippen LogP contribution < -0.4 is 5.32 Å². The van der Waals surface area contributed by atoms with Crippen LogP contribution in [0.3, 0.4) is 0 Å². The first-order chi connectivity index (χ1) is 10.7. The molecule has 0 aromatic heterocycles. The van der Waals surface area contributed by atoms with Gasteiger partial charge in [-0.25, -0.2) is 4.79 Å². The molecule has 0 aliphatic rings. The largest absolute Gasteiger partial charge is 0.481 e. The summed E-state index contributed by atoms with van der Waals surface area (Å²) in [6.45, 7) is 7.07. The molecule has 7 nitrogen and oxygen atoms in total. The fourth-order valence-corrected chi connectivity index (χ4v) is 2.40. The van der Waals surface area contributed by atoms with Gasteiger partial charge in [-0.2, -0.15) is 0 Å². The Bertz CT molecular complexity index is 385. The molecule has 0 aliphatic carbocycles. The van der Waals surface area contributed by atoms with Crippen molar-refractivity contribution in [1.29, 1.82) is 0 Å². The summed E-state index contributed by atoms with van der Waals surface area (Å²) in [4.78, 5) is 33.3. The number of carbonyl (C=O) groups excluding carboxylic acids is 2. The van der Waals surface area contributed by atoms with E-state index in [1.54, 1.807) is 0 Å². The van der Waals surface area contributed by atoms with E-state index in [4.69, 9.17) is 9.84 Å². The smallest absolute Gasteiger partial charge is 0.410 e. The average molecular weight is 331 g/mol. The van der Waals surface area contributed by atoms with Crippen LogP contribution in [0.15, 0.2) is 0 Å². The second-order valence-electron chi connectivity index (χ2n) is 5.91. The zero-order valence-corrected chi connectivity index (χ0v) is 14.5. The number of aliphatic carboxylic acids is 1. The van der Waals surface area contributed by atoms with Crippen molar-refractivity contribution in [2.45, 2.75) is 66.1 Å². The maximum atomic E-state index is 11.6. The Balaban J connectivity index is 4.29. The Kier molecular flexibility index (Phi) is 10.8. The number of carboxylic acids is 1. The van der Waals surface area contributed by atoms with Crippen molar-refractivity contribution in [3.8, 4) is 0 Å². The van der Waals surface area contributed by atoms with Crippen LogP contribution in [0, 0.1) is 11.8 Å². The molecule has 134 valence electrons. The van der Waals surface area contributed by atoms with Gasteiger partial charge >= 0.3 is 18.0 Å². The topological polar surface area (TPSA) is 102 Å². The van der Waals surface area contributed by atoms with E-state index in [2.05, 4.69) is 23.9 Å². The lowest BCUT2D eigenvalue weighted by Gasteiger charge is -2.20. The Labute approximate surface area is 137 Å². The van der Waals surface area contributed by atoms with Crippen molar-refractivity contribution in [1.82, 2.24) is 5.32 Å². The van der Waals surface area contributed by atoms with E-state index in [0.717, 1.165) is 25.7 Å². The molecule has 7 heteroatoms. The van der Waals surface area contributed by atoms with Crippen LogP contribution in [0.25, 0.3) is 0 Å². The average Bonchev–Trinajstić information content (AvgIpc) is 2.40. The summed E-state index contributed by atoms with van der Waals surface area (Å²) in [6, 6.07) is 0. The predicted octanol–water partition coefficient (Wildman–Crippen LogP) is 2.93. The molecule has 0 heterocycles. The third-order valence-corrected chi connectivity index (χ3v) is 3.39. The lowest BCUT2D eigenvalue weighted by Crippen LogP contribution is -2.34. The van der Waals surface area contributed by atoms with E-state index in [1.165, 1.54) is 13.8 Å². The van der Waals surface area contributed by atoms with Gasteiger partial charge in [-0.1, -0.05) is 33.1 Å². The minimum atomic E-state index is -0.978. The van der Waals surface area contributed by atoms with Crippen molar-refractivity contribution in [3.05, 3.63) is 0 Å². The lowest BCUT2D eigenvalue weighted by atomic mass is 9.90. The Morgan fingerprint density at radius 3 is 2.35 bits per heavy atom. The molecule has 0 saturated carbocycles. The Morgan fingerprint density at radius 2 is 1.83 bits per heavy atom. The number of unbranched alkanes of at least 4 members (excludes halogenated alkanes) is 1. The fraction of sp³-hybridized carbons (Fsp3) is 0.812. The Hall–Kier alpha value is -1.79. The highest BCUT2D eigenvalue weighted by atomic mass is 16.7. The molecule has 0 fully saturated rings. The molecule has 23 heavy (non-hydrogen) atoms. The van der Waals surface area contributed by atoms with E-state index < -0.39 is 24.3 Å². The normalized spacial score (nSPS) is 14.4. The third kappa shape index (κ3) is 12.4. The molecule has 2 N–H and O–H groups in total. The maximum absolute atomic E-state index is 11.6. The molecule has 1 amide bonds. The first-order valence-electron chi connectivity index (χ1n) is 8.08. The van der Waals surface area contributed by atoms with Gasteiger partial charge in [-0.3, -0.25) is 9.59 Å². The van der Waals surface area contributed by atoms with Crippen LogP contribution in [0.5, 0.6) is 0 Å². The number of carboxylic acid groups (broad SMARTS) is 1.